The number of aliphatic carboxylic acids is 1. The van der Waals surface area contributed by atoms with Crippen LogP contribution in [0.1, 0.15) is 37.2 Å². The second-order valence-electron chi connectivity index (χ2n) is 5.25. The fourth-order valence-electron chi connectivity index (χ4n) is 2.13. The van der Waals surface area contributed by atoms with Crippen LogP contribution in [0.15, 0.2) is 16.9 Å². The van der Waals surface area contributed by atoms with Crippen LogP contribution in [0.5, 0.6) is 0 Å². The van der Waals surface area contributed by atoms with Gasteiger partial charge >= 0.3 is 5.97 Å². The van der Waals surface area contributed by atoms with Crippen molar-refractivity contribution in [2.45, 2.75) is 33.2 Å². The fraction of sp³-hybridized carbons (Fsp3) is 0.600. The number of hydrogen-bond donors (Lipinski definition) is 2. The Bertz CT molecular complexity index is 607. The SMILES string of the molecule is CCC(CC)(CNC(=O)c1ccc(=O)n(CCOC)n1)C(=O)O. The molecule has 0 aromatic carbocycles. The molecule has 1 aromatic heterocycles. The topological polar surface area (TPSA) is 111 Å². The van der Waals surface area contributed by atoms with E-state index in [1.54, 1.807) is 13.8 Å². The summed E-state index contributed by atoms with van der Waals surface area (Å²) in [7, 11) is 1.50. The van der Waals surface area contributed by atoms with Crippen molar-refractivity contribution < 1.29 is 19.4 Å². The number of carbonyl (C=O) groups excluding carboxylic acids is 1. The highest BCUT2D eigenvalue weighted by Crippen LogP contribution is 2.25. The molecule has 0 aliphatic carbocycles. The molecule has 0 spiro atoms. The lowest BCUT2D eigenvalue weighted by Gasteiger charge is -2.26. The van der Waals surface area contributed by atoms with Gasteiger partial charge in [0.1, 0.15) is 5.69 Å². The molecule has 0 atom stereocenters. The van der Waals surface area contributed by atoms with Gasteiger partial charge in [0.15, 0.2) is 0 Å². The van der Waals surface area contributed by atoms with Crippen LogP contribution in [0.2, 0.25) is 0 Å². The van der Waals surface area contributed by atoms with Crippen molar-refractivity contribution in [2.75, 3.05) is 20.3 Å². The minimum Gasteiger partial charge on any atom is -0.481 e. The molecule has 8 nitrogen and oxygen atoms in total. The van der Waals surface area contributed by atoms with Gasteiger partial charge in [0, 0.05) is 19.7 Å². The maximum atomic E-state index is 12.2. The summed E-state index contributed by atoms with van der Waals surface area (Å²) in [5.41, 5.74) is -1.27. The first kappa shape index (κ1) is 18.8. The maximum Gasteiger partial charge on any atom is 0.311 e. The first-order chi connectivity index (χ1) is 10.9. The molecule has 1 amide bonds. The number of hydrogen-bond acceptors (Lipinski definition) is 5. The molecule has 0 unspecified atom stereocenters. The van der Waals surface area contributed by atoms with E-state index in [1.807, 2.05) is 0 Å². The van der Waals surface area contributed by atoms with Gasteiger partial charge in [-0.05, 0) is 18.9 Å². The number of nitrogens with one attached hydrogen (secondary N) is 1. The van der Waals surface area contributed by atoms with Gasteiger partial charge < -0.3 is 15.2 Å². The van der Waals surface area contributed by atoms with Gasteiger partial charge in [-0.3, -0.25) is 14.4 Å². The first-order valence-electron chi connectivity index (χ1n) is 7.49. The molecule has 2 N–H and O–H groups in total. The summed E-state index contributed by atoms with van der Waals surface area (Å²) in [5, 5.41) is 15.9. The van der Waals surface area contributed by atoms with Gasteiger partial charge in [-0.2, -0.15) is 5.10 Å². The molecule has 1 aromatic rings. The summed E-state index contributed by atoms with van der Waals surface area (Å²) in [4.78, 5) is 35.2. The highest BCUT2D eigenvalue weighted by molar-refractivity contribution is 5.92. The van der Waals surface area contributed by atoms with Crippen molar-refractivity contribution in [1.29, 1.82) is 0 Å². The van der Waals surface area contributed by atoms with E-state index in [-0.39, 0.29) is 24.3 Å². The van der Waals surface area contributed by atoms with Crippen molar-refractivity contribution in [3.63, 3.8) is 0 Å². The highest BCUT2D eigenvalue weighted by atomic mass is 16.5. The number of carboxylic acid groups (broad SMARTS) is 1. The third kappa shape index (κ3) is 4.62. The van der Waals surface area contributed by atoms with Crippen LogP contribution in [0, 0.1) is 5.41 Å². The molecule has 128 valence electrons. The van der Waals surface area contributed by atoms with Crippen LogP contribution in [0.25, 0.3) is 0 Å². The molecule has 0 fully saturated rings. The van der Waals surface area contributed by atoms with Crippen molar-refractivity contribution >= 4 is 11.9 Å². The van der Waals surface area contributed by atoms with Crippen LogP contribution in [-0.4, -0.2) is 47.0 Å². The van der Waals surface area contributed by atoms with Crippen LogP contribution >= 0.6 is 0 Å². The third-order valence-electron chi connectivity index (χ3n) is 4.00. The predicted molar refractivity (Wildman–Crippen MR) is 83.4 cm³/mol. The van der Waals surface area contributed by atoms with E-state index < -0.39 is 17.3 Å². The van der Waals surface area contributed by atoms with Gasteiger partial charge in [-0.1, -0.05) is 13.8 Å². The monoisotopic (exact) mass is 325 g/mol. The molecular formula is C15H23N3O5. The number of methoxy groups -OCH3 is 1. The van der Waals surface area contributed by atoms with E-state index in [2.05, 4.69) is 10.4 Å². The number of nitrogens with zero attached hydrogens (tertiary/aromatic N) is 2. The molecule has 0 bridgehead atoms. The molecule has 8 heteroatoms. The third-order valence-corrected chi connectivity index (χ3v) is 4.00. The normalized spacial score (nSPS) is 11.3. The average molecular weight is 325 g/mol. The van der Waals surface area contributed by atoms with Crippen molar-refractivity contribution in [3.8, 4) is 0 Å². The zero-order chi connectivity index (χ0) is 17.5. The van der Waals surface area contributed by atoms with E-state index in [0.29, 0.717) is 19.4 Å². The van der Waals surface area contributed by atoms with Crippen LogP contribution in [0.3, 0.4) is 0 Å². The molecule has 23 heavy (non-hydrogen) atoms. The highest BCUT2D eigenvalue weighted by Gasteiger charge is 2.35. The number of rotatable bonds is 9. The molecule has 0 saturated heterocycles. The van der Waals surface area contributed by atoms with E-state index >= 15 is 0 Å². The number of carbonyl (C=O) groups is 2. The Balaban J connectivity index is 2.86. The Labute approximate surface area is 134 Å². The van der Waals surface area contributed by atoms with E-state index in [9.17, 15) is 19.5 Å². The smallest absolute Gasteiger partial charge is 0.311 e. The van der Waals surface area contributed by atoms with Crippen LogP contribution in [0.4, 0.5) is 0 Å². The van der Waals surface area contributed by atoms with Gasteiger partial charge in [0.2, 0.25) is 0 Å². The molecule has 0 aliphatic rings. The number of aromatic nitrogens is 2. The number of amides is 1. The molecule has 0 aliphatic heterocycles. The van der Waals surface area contributed by atoms with E-state index in [0.717, 1.165) is 4.68 Å². The van der Waals surface area contributed by atoms with Crippen LogP contribution < -0.4 is 10.9 Å². The van der Waals surface area contributed by atoms with Crippen molar-refractivity contribution in [2.24, 2.45) is 5.41 Å². The Kier molecular flexibility index (Phi) is 6.89. The number of carboxylic acids is 1. The Morgan fingerprint density at radius 3 is 2.52 bits per heavy atom. The molecular weight excluding hydrogens is 302 g/mol. The van der Waals surface area contributed by atoms with Gasteiger partial charge in [-0.25, -0.2) is 4.68 Å². The lowest BCUT2D eigenvalue weighted by Crippen LogP contribution is -2.43. The zero-order valence-electron chi connectivity index (χ0n) is 13.7. The average Bonchev–Trinajstić information content (AvgIpc) is 2.55. The Hall–Kier alpha value is -2.22. The Morgan fingerprint density at radius 1 is 1.35 bits per heavy atom. The van der Waals surface area contributed by atoms with Crippen LogP contribution in [-0.2, 0) is 16.1 Å². The quantitative estimate of drug-likeness (QED) is 0.684. The zero-order valence-corrected chi connectivity index (χ0v) is 13.7. The summed E-state index contributed by atoms with van der Waals surface area (Å²) in [6, 6.07) is 2.57. The summed E-state index contributed by atoms with van der Waals surface area (Å²) < 4.78 is 6.02. The second-order valence-corrected chi connectivity index (χ2v) is 5.25. The first-order valence-corrected chi connectivity index (χ1v) is 7.49. The molecule has 0 radical (unpaired) electrons. The largest absolute Gasteiger partial charge is 0.481 e. The van der Waals surface area contributed by atoms with Gasteiger partial charge in [0.25, 0.3) is 11.5 Å². The minimum absolute atomic E-state index is 0.00699. The summed E-state index contributed by atoms with van der Waals surface area (Å²) in [6.07, 6.45) is 0.805. The standard InChI is InChI=1S/C15H23N3O5/c1-4-15(5-2,14(21)22)10-16-13(20)11-6-7-12(19)18(17-11)8-9-23-3/h6-7H,4-5,8-10H2,1-3H3,(H,16,20)(H,21,22). The Morgan fingerprint density at radius 2 is 2.00 bits per heavy atom. The molecule has 1 rings (SSSR count). The van der Waals surface area contributed by atoms with Gasteiger partial charge in [0.05, 0.1) is 18.6 Å². The lowest BCUT2D eigenvalue weighted by molar-refractivity contribution is -0.149. The minimum atomic E-state index is -1.000. The van der Waals surface area contributed by atoms with E-state index in [4.69, 9.17) is 4.74 Å². The summed E-state index contributed by atoms with van der Waals surface area (Å²) in [6.45, 7) is 4.08. The predicted octanol–water partition coefficient (Wildman–Crippen LogP) is 0.511. The molecule has 0 saturated carbocycles. The van der Waals surface area contributed by atoms with Crippen molar-refractivity contribution in [3.05, 3.63) is 28.2 Å². The summed E-state index contributed by atoms with van der Waals surface area (Å²) >= 11 is 0. The van der Waals surface area contributed by atoms with Crippen molar-refractivity contribution in [1.82, 2.24) is 15.1 Å². The fourth-order valence-corrected chi connectivity index (χ4v) is 2.13. The van der Waals surface area contributed by atoms with Gasteiger partial charge in [-0.15, -0.1) is 0 Å². The second kappa shape index (κ2) is 8.42. The summed E-state index contributed by atoms with van der Waals surface area (Å²) in [5.74, 6) is -1.45. The number of ether oxygens (including phenoxy) is 1. The maximum absolute atomic E-state index is 12.2. The lowest BCUT2D eigenvalue weighted by atomic mass is 9.82. The van der Waals surface area contributed by atoms with E-state index in [1.165, 1.54) is 19.2 Å². The molecule has 1 heterocycles.